The van der Waals surface area contributed by atoms with E-state index in [0.29, 0.717) is 12.1 Å². The number of halogens is 1. The minimum Gasteiger partial charge on any atom is -0.371 e. The van der Waals surface area contributed by atoms with E-state index >= 15 is 0 Å². The van der Waals surface area contributed by atoms with Gasteiger partial charge in [-0.2, -0.15) is 0 Å². The molecule has 0 aromatic heterocycles. The van der Waals surface area contributed by atoms with Gasteiger partial charge in [0, 0.05) is 37.1 Å². The van der Waals surface area contributed by atoms with Crippen molar-refractivity contribution < 1.29 is 13.2 Å². The molecule has 2 aromatic rings. The second-order valence-corrected chi connectivity index (χ2v) is 8.78. The van der Waals surface area contributed by atoms with E-state index in [2.05, 4.69) is 28.4 Å². The van der Waals surface area contributed by atoms with Crippen LogP contribution in [0.4, 0.5) is 5.69 Å². The minimum absolute atomic E-state index is 0.0273. The molecule has 26 heavy (non-hydrogen) atoms. The maximum absolute atomic E-state index is 12.3. The molecule has 1 heterocycles. The summed E-state index contributed by atoms with van der Waals surface area (Å²) in [5.74, 6) is -0.298. The lowest BCUT2D eigenvalue weighted by Gasteiger charge is -2.19. The van der Waals surface area contributed by atoms with E-state index in [1.54, 1.807) is 0 Å². The lowest BCUT2D eigenvalue weighted by molar-refractivity contribution is 0.0953. The van der Waals surface area contributed by atoms with Crippen LogP contribution in [0, 0.1) is 0 Å². The molecule has 5 nitrogen and oxygen atoms in total. The van der Waals surface area contributed by atoms with Crippen molar-refractivity contribution in [1.29, 1.82) is 0 Å². The Kier molecular flexibility index (Phi) is 5.53. The second-order valence-electron chi connectivity index (χ2n) is 6.39. The van der Waals surface area contributed by atoms with Crippen molar-refractivity contribution in [2.24, 2.45) is 0 Å². The van der Waals surface area contributed by atoms with Crippen molar-refractivity contribution in [3.05, 3.63) is 58.6 Å². The number of benzene rings is 2. The van der Waals surface area contributed by atoms with Crippen molar-refractivity contribution in [2.75, 3.05) is 30.8 Å². The van der Waals surface area contributed by atoms with Crippen LogP contribution in [0.5, 0.6) is 0 Å². The largest absolute Gasteiger partial charge is 0.371 e. The van der Waals surface area contributed by atoms with E-state index in [9.17, 15) is 13.2 Å². The maximum atomic E-state index is 12.3. The molecule has 3 rings (SSSR count). The van der Waals surface area contributed by atoms with Crippen LogP contribution in [0.3, 0.4) is 0 Å². The molecule has 0 fully saturated rings. The molecule has 1 aliphatic rings. The fourth-order valence-corrected chi connectivity index (χ4v) is 4.44. The highest BCUT2D eigenvalue weighted by molar-refractivity contribution is 7.90. The Balaban J connectivity index is 1.54. The minimum atomic E-state index is -3.47. The first kappa shape index (κ1) is 18.7. The first-order valence-corrected chi connectivity index (χ1v) is 10.7. The SMILES string of the molecule is CS(=O)(=O)c1cc(C(=O)NCCCN2CCc3ccccc32)ccc1Cl. The van der Waals surface area contributed by atoms with Crippen molar-refractivity contribution in [3.63, 3.8) is 0 Å². The summed E-state index contributed by atoms with van der Waals surface area (Å²) >= 11 is 5.91. The number of nitrogens with one attached hydrogen (secondary N) is 1. The molecule has 0 spiro atoms. The van der Waals surface area contributed by atoms with Crippen LogP contribution in [0.15, 0.2) is 47.4 Å². The van der Waals surface area contributed by atoms with Crippen LogP contribution in [0.25, 0.3) is 0 Å². The van der Waals surface area contributed by atoms with E-state index in [4.69, 9.17) is 11.6 Å². The van der Waals surface area contributed by atoms with Gasteiger partial charge < -0.3 is 10.2 Å². The zero-order valence-corrected chi connectivity index (χ0v) is 16.1. The number of anilines is 1. The summed E-state index contributed by atoms with van der Waals surface area (Å²) in [6.45, 7) is 2.39. The topological polar surface area (TPSA) is 66.5 Å². The number of rotatable bonds is 6. The van der Waals surface area contributed by atoms with Crippen LogP contribution in [-0.2, 0) is 16.3 Å². The normalized spacial score (nSPS) is 13.5. The fraction of sp³-hybridized carbons (Fsp3) is 0.316. The molecule has 138 valence electrons. The molecule has 0 atom stereocenters. The van der Waals surface area contributed by atoms with Gasteiger partial charge in [0.2, 0.25) is 0 Å². The van der Waals surface area contributed by atoms with Crippen molar-refractivity contribution in [3.8, 4) is 0 Å². The van der Waals surface area contributed by atoms with Crippen LogP contribution in [-0.4, -0.2) is 40.2 Å². The number of carbonyl (C=O) groups excluding carboxylic acids is 1. The van der Waals surface area contributed by atoms with E-state index in [0.717, 1.165) is 32.2 Å². The molecule has 0 bridgehead atoms. The molecular weight excluding hydrogens is 372 g/mol. The van der Waals surface area contributed by atoms with Crippen LogP contribution in [0.1, 0.15) is 22.3 Å². The summed E-state index contributed by atoms with van der Waals surface area (Å²) in [4.78, 5) is 14.6. The lowest BCUT2D eigenvalue weighted by atomic mass is 10.2. The van der Waals surface area contributed by atoms with Gasteiger partial charge in [0.1, 0.15) is 0 Å². The molecule has 1 aliphatic heterocycles. The van der Waals surface area contributed by atoms with Gasteiger partial charge in [0.15, 0.2) is 9.84 Å². The molecule has 2 aromatic carbocycles. The highest BCUT2D eigenvalue weighted by Crippen LogP contribution is 2.27. The monoisotopic (exact) mass is 392 g/mol. The summed E-state index contributed by atoms with van der Waals surface area (Å²) in [6, 6.07) is 12.7. The van der Waals surface area contributed by atoms with Gasteiger partial charge in [-0.1, -0.05) is 29.8 Å². The molecule has 0 saturated carbocycles. The van der Waals surface area contributed by atoms with Gasteiger partial charge in [-0.05, 0) is 42.7 Å². The highest BCUT2D eigenvalue weighted by Gasteiger charge is 2.18. The molecule has 0 unspecified atom stereocenters. The van der Waals surface area contributed by atoms with Gasteiger partial charge >= 0.3 is 0 Å². The third-order valence-electron chi connectivity index (χ3n) is 4.47. The molecular formula is C19H21ClN2O3S. The summed E-state index contributed by atoms with van der Waals surface area (Å²) in [7, 11) is -3.47. The number of hydrogen-bond acceptors (Lipinski definition) is 4. The summed E-state index contributed by atoms with van der Waals surface area (Å²) in [5.41, 5.74) is 2.93. The summed E-state index contributed by atoms with van der Waals surface area (Å²) < 4.78 is 23.4. The number of hydrogen-bond donors (Lipinski definition) is 1. The third kappa shape index (κ3) is 4.19. The van der Waals surface area contributed by atoms with Gasteiger partial charge in [-0.25, -0.2) is 8.42 Å². The van der Waals surface area contributed by atoms with Crippen LogP contribution < -0.4 is 10.2 Å². The van der Waals surface area contributed by atoms with Crippen LogP contribution >= 0.6 is 11.6 Å². The number of carbonyl (C=O) groups is 1. The van der Waals surface area contributed by atoms with Gasteiger partial charge in [0.25, 0.3) is 5.91 Å². The fourth-order valence-electron chi connectivity index (χ4n) is 3.14. The van der Waals surface area contributed by atoms with Gasteiger partial charge in [-0.3, -0.25) is 4.79 Å². The van der Waals surface area contributed by atoms with E-state index in [1.165, 1.54) is 29.4 Å². The molecule has 7 heteroatoms. The zero-order chi connectivity index (χ0) is 18.7. The quantitative estimate of drug-likeness (QED) is 0.767. The Hall–Kier alpha value is -2.05. The zero-order valence-electron chi connectivity index (χ0n) is 14.5. The molecule has 0 radical (unpaired) electrons. The van der Waals surface area contributed by atoms with Gasteiger partial charge in [0.05, 0.1) is 9.92 Å². The Morgan fingerprint density at radius 1 is 1.23 bits per heavy atom. The van der Waals surface area contributed by atoms with Crippen molar-refractivity contribution in [1.82, 2.24) is 5.32 Å². The molecule has 1 amide bonds. The Morgan fingerprint density at radius 3 is 2.77 bits per heavy atom. The van der Waals surface area contributed by atoms with E-state index in [-0.39, 0.29) is 15.8 Å². The Morgan fingerprint density at radius 2 is 2.00 bits per heavy atom. The van der Waals surface area contributed by atoms with Crippen LogP contribution in [0.2, 0.25) is 5.02 Å². The number of nitrogens with zero attached hydrogens (tertiary/aromatic N) is 1. The number of amides is 1. The number of para-hydroxylation sites is 1. The average Bonchev–Trinajstić information content (AvgIpc) is 3.01. The summed E-state index contributed by atoms with van der Waals surface area (Å²) in [6.07, 6.45) is 2.94. The first-order chi connectivity index (χ1) is 12.4. The number of sulfone groups is 1. The smallest absolute Gasteiger partial charge is 0.251 e. The first-order valence-electron chi connectivity index (χ1n) is 8.47. The third-order valence-corrected chi connectivity index (χ3v) is 6.04. The highest BCUT2D eigenvalue weighted by atomic mass is 35.5. The molecule has 1 N–H and O–H groups in total. The molecule has 0 aliphatic carbocycles. The van der Waals surface area contributed by atoms with E-state index < -0.39 is 9.84 Å². The van der Waals surface area contributed by atoms with E-state index in [1.807, 2.05) is 6.07 Å². The Bertz CT molecular complexity index is 928. The summed E-state index contributed by atoms with van der Waals surface area (Å²) in [5, 5.41) is 2.96. The maximum Gasteiger partial charge on any atom is 0.251 e. The second kappa shape index (κ2) is 7.68. The van der Waals surface area contributed by atoms with Gasteiger partial charge in [-0.15, -0.1) is 0 Å². The van der Waals surface area contributed by atoms with Crippen molar-refractivity contribution in [2.45, 2.75) is 17.7 Å². The molecule has 0 saturated heterocycles. The Labute approximate surface area is 158 Å². The lowest BCUT2D eigenvalue weighted by Crippen LogP contribution is -2.29. The average molecular weight is 393 g/mol. The predicted octanol–water partition coefficient (Wildman–Crippen LogP) is 2.93. The standard InChI is InChI=1S/C19H21ClN2O3S/c1-26(24,25)18-13-15(7-8-16(18)20)19(23)21-10-4-11-22-12-9-14-5-2-3-6-17(14)22/h2-3,5-8,13H,4,9-12H2,1H3,(H,21,23). The predicted molar refractivity (Wildman–Crippen MR) is 104 cm³/mol. The van der Waals surface area contributed by atoms with Crippen molar-refractivity contribution >= 4 is 33.0 Å². The number of fused-ring (bicyclic) bond motifs is 1.